The molecule has 0 radical (unpaired) electrons. The Morgan fingerprint density at radius 1 is 0.452 bits per heavy atom. The summed E-state index contributed by atoms with van der Waals surface area (Å²) in [6.45, 7) is 0. The van der Waals surface area contributed by atoms with Gasteiger partial charge in [0.2, 0.25) is 0 Å². The van der Waals surface area contributed by atoms with E-state index in [1.165, 1.54) is 12.2 Å². The fourth-order valence-corrected chi connectivity index (χ4v) is 4.45. The van der Waals surface area contributed by atoms with Crippen LogP contribution in [0.4, 0.5) is 0 Å². The Hall–Kier alpha value is -6.09. The lowest BCUT2D eigenvalue weighted by molar-refractivity contribution is -0.124. The highest BCUT2D eigenvalue weighted by Crippen LogP contribution is 2.28. The molecule has 2 heterocycles. The molecule has 0 aliphatic carbocycles. The summed E-state index contributed by atoms with van der Waals surface area (Å²) in [6.07, 6.45) is 2.52. The second-order valence-corrected chi connectivity index (χ2v) is 9.38. The Morgan fingerprint density at radius 2 is 0.762 bits per heavy atom. The molecule has 0 bridgehead atoms. The van der Waals surface area contributed by atoms with E-state index in [0.717, 1.165) is 0 Å². The third-order valence-electron chi connectivity index (χ3n) is 6.55. The number of benzene rings is 4. The number of ether oxygens (including phenoxy) is 2. The van der Waals surface area contributed by atoms with Gasteiger partial charge in [-0.05, 0) is 83.9 Å². The Labute approximate surface area is 239 Å². The van der Waals surface area contributed by atoms with E-state index in [1.807, 2.05) is 0 Å². The Bertz CT molecular complexity index is 1680. The molecule has 9 heteroatoms. The van der Waals surface area contributed by atoms with Gasteiger partial charge < -0.3 is 9.47 Å². The number of hydrogen-bond acceptors (Lipinski definition) is 7. The topological polar surface area (TPSA) is 128 Å². The lowest BCUT2D eigenvalue weighted by Gasteiger charge is -2.09. The number of nitrogens with one attached hydrogen (secondary N) is 2. The Morgan fingerprint density at radius 3 is 1.05 bits per heavy atom. The van der Waals surface area contributed by atoms with Crippen LogP contribution >= 0.6 is 0 Å². The van der Waals surface area contributed by atoms with E-state index in [0.29, 0.717) is 56.4 Å². The molecule has 0 saturated heterocycles. The first kappa shape index (κ1) is 26.1. The average Bonchev–Trinajstić information content (AvgIpc) is 3.52. The van der Waals surface area contributed by atoms with Crippen molar-refractivity contribution in [3.8, 4) is 23.0 Å². The molecule has 0 aromatic heterocycles. The molecule has 9 nitrogen and oxygen atoms in total. The summed E-state index contributed by atoms with van der Waals surface area (Å²) in [5, 5.41) is 4.43. The molecule has 2 aliphatic rings. The van der Waals surface area contributed by atoms with Gasteiger partial charge in [0.05, 0.1) is 11.1 Å². The van der Waals surface area contributed by atoms with E-state index < -0.39 is 23.6 Å². The maximum atomic E-state index is 13.0. The fourth-order valence-electron chi connectivity index (χ4n) is 4.45. The Kier molecular flexibility index (Phi) is 6.74. The number of amides is 4. The standard InChI is InChI=1S/C33H20N2O7/c36-29-17-27(32(39)34-29)19-1-9-23(10-2-19)41-25-13-5-21(6-14-25)31(38)22-7-15-26(16-8-22)42-24-11-3-20(4-12-24)28-18-30(37)35-33(28)40/h1-18H,(H,34,36,39)(H,35,37,40). The van der Waals surface area contributed by atoms with Crippen molar-refractivity contribution in [2.24, 2.45) is 0 Å². The van der Waals surface area contributed by atoms with Gasteiger partial charge in [0.25, 0.3) is 23.6 Å². The van der Waals surface area contributed by atoms with Gasteiger partial charge in [0.1, 0.15) is 23.0 Å². The van der Waals surface area contributed by atoms with Crippen molar-refractivity contribution in [1.29, 1.82) is 0 Å². The second-order valence-electron chi connectivity index (χ2n) is 9.38. The van der Waals surface area contributed by atoms with Gasteiger partial charge in [0, 0.05) is 23.3 Å². The van der Waals surface area contributed by atoms with Crippen molar-refractivity contribution in [2.45, 2.75) is 0 Å². The monoisotopic (exact) mass is 556 g/mol. The van der Waals surface area contributed by atoms with E-state index in [9.17, 15) is 24.0 Å². The quantitative estimate of drug-likeness (QED) is 0.240. The highest BCUT2D eigenvalue weighted by Gasteiger charge is 2.23. The van der Waals surface area contributed by atoms with Crippen LogP contribution in [0.5, 0.6) is 23.0 Å². The molecule has 0 spiro atoms. The van der Waals surface area contributed by atoms with E-state index in [-0.39, 0.29) is 5.78 Å². The molecule has 0 saturated carbocycles. The molecule has 4 amide bonds. The zero-order valence-corrected chi connectivity index (χ0v) is 21.8. The fraction of sp³-hybridized carbons (Fsp3) is 0. The second kappa shape index (κ2) is 10.8. The first-order valence-electron chi connectivity index (χ1n) is 12.8. The molecule has 0 unspecified atom stereocenters. The van der Waals surface area contributed by atoms with Gasteiger partial charge in [-0.3, -0.25) is 34.6 Å². The van der Waals surface area contributed by atoms with Crippen molar-refractivity contribution < 1.29 is 33.4 Å². The number of rotatable bonds is 8. The van der Waals surface area contributed by atoms with Gasteiger partial charge in [-0.1, -0.05) is 24.3 Å². The van der Waals surface area contributed by atoms with Crippen LogP contribution < -0.4 is 20.1 Å². The van der Waals surface area contributed by atoms with E-state index in [1.54, 1.807) is 97.1 Å². The summed E-state index contributed by atoms with van der Waals surface area (Å²) in [6, 6.07) is 27.0. The molecule has 0 fully saturated rings. The molecular formula is C33H20N2O7. The van der Waals surface area contributed by atoms with Gasteiger partial charge in [0.15, 0.2) is 5.78 Å². The van der Waals surface area contributed by atoms with E-state index in [2.05, 4.69) is 10.6 Å². The van der Waals surface area contributed by atoms with Crippen molar-refractivity contribution in [1.82, 2.24) is 10.6 Å². The number of carbonyl (C=O) groups excluding carboxylic acids is 5. The summed E-state index contributed by atoms with van der Waals surface area (Å²) < 4.78 is 11.7. The molecule has 42 heavy (non-hydrogen) atoms. The first-order valence-corrected chi connectivity index (χ1v) is 12.8. The van der Waals surface area contributed by atoms with E-state index >= 15 is 0 Å². The molecule has 4 aromatic carbocycles. The van der Waals surface area contributed by atoms with Crippen LogP contribution in [0.3, 0.4) is 0 Å². The number of carbonyl (C=O) groups is 5. The Balaban J connectivity index is 1.06. The van der Waals surface area contributed by atoms with Gasteiger partial charge in [-0.2, -0.15) is 0 Å². The summed E-state index contributed by atoms with van der Waals surface area (Å²) >= 11 is 0. The smallest absolute Gasteiger partial charge is 0.258 e. The maximum absolute atomic E-state index is 13.0. The van der Waals surface area contributed by atoms with Crippen LogP contribution in [0.15, 0.2) is 109 Å². The maximum Gasteiger partial charge on any atom is 0.258 e. The molecule has 0 atom stereocenters. The van der Waals surface area contributed by atoms with Crippen molar-refractivity contribution in [3.05, 3.63) is 131 Å². The highest BCUT2D eigenvalue weighted by molar-refractivity contribution is 6.34. The lowest BCUT2D eigenvalue weighted by atomic mass is 10.0. The summed E-state index contributed by atoms with van der Waals surface area (Å²) in [5.41, 5.74) is 2.78. The van der Waals surface area contributed by atoms with Gasteiger partial charge >= 0.3 is 0 Å². The van der Waals surface area contributed by atoms with Crippen molar-refractivity contribution in [3.63, 3.8) is 0 Å². The lowest BCUT2D eigenvalue weighted by Crippen LogP contribution is -2.21. The minimum absolute atomic E-state index is 0.169. The summed E-state index contributed by atoms with van der Waals surface area (Å²) in [7, 11) is 0. The molecule has 4 aromatic rings. The van der Waals surface area contributed by atoms with Crippen molar-refractivity contribution in [2.75, 3.05) is 0 Å². The van der Waals surface area contributed by atoms with E-state index in [4.69, 9.17) is 9.47 Å². The van der Waals surface area contributed by atoms with Crippen molar-refractivity contribution >= 4 is 40.6 Å². The zero-order chi connectivity index (χ0) is 29.2. The molecule has 2 N–H and O–H groups in total. The van der Waals surface area contributed by atoms with Gasteiger partial charge in [-0.15, -0.1) is 0 Å². The predicted molar refractivity (Wildman–Crippen MR) is 152 cm³/mol. The normalized spacial score (nSPS) is 14.2. The van der Waals surface area contributed by atoms with Crippen LogP contribution in [0.2, 0.25) is 0 Å². The predicted octanol–water partition coefficient (Wildman–Crippen LogP) is 4.58. The zero-order valence-electron chi connectivity index (χ0n) is 21.8. The van der Waals surface area contributed by atoms with Crippen LogP contribution in [0.1, 0.15) is 27.0 Å². The molecular weight excluding hydrogens is 536 g/mol. The van der Waals surface area contributed by atoms with Crippen LogP contribution in [-0.2, 0) is 19.2 Å². The minimum Gasteiger partial charge on any atom is -0.457 e. The third-order valence-corrected chi connectivity index (χ3v) is 6.55. The molecule has 204 valence electrons. The highest BCUT2D eigenvalue weighted by atomic mass is 16.5. The summed E-state index contributed by atoms with van der Waals surface area (Å²) in [4.78, 5) is 59.4. The largest absolute Gasteiger partial charge is 0.457 e. The van der Waals surface area contributed by atoms with Crippen LogP contribution in [0.25, 0.3) is 11.1 Å². The minimum atomic E-state index is -0.438. The number of ketones is 1. The third kappa shape index (κ3) is 5.47. The van der Waals surface area contributed by atoms with Gasteiger partial charge in [-0.25, -0.2) is 0 Å². The first-order chi connectivity index (χ1) is 20.3. The average molecular weight is 557 g/mol. The SMILES string of the molecule is O=C1C=C(c2ccc(Oc3ccc(C(=O)c4ccc(Oc5ccc(C6=CC(=O)NC6=O)cc5)cc4)cc3)cc2)C(=O)N1. The van der Waals surface area contributed by atoms with Crippen LogP contribution in [0, 0.1) is 0 Å². The number of imide groups is 2. The van der Waals surface area contributed by atoms with Crippen LogP contribution in [-0.4, -0.2) is 29.4 Å². The summed E-state index contributed by atoms with van der Waals surface area (Å²) in [5.74, 6) is 0.205. The molecule has 2 aliphatic heterocycles. The number of hydrogen-bond donors (Lipinski definition) is 2. The molecule has 6 rings (SSSR count).